The van der Waals surface area contributed by atoms with E-state index in [9.17, 15) is 19.5 Å². The number of amides is 1. The highest BCUT2D eigenvalue weighted by Gasteiger charge is 2.23. The number of aliphatic carboxylic acids is 1. The van der Waals surface area contributed by atoms with Gasteiger partial charge >= 0.3 is 11.6 Å². The van der Waals surface area contributed by atoms with E-state index >= 15 is 0 Å². The Hall–Kier alpha value is -3.58. The summed E-state index contributed by atoms with van der Waals surface area (Å²) in [5, 5.41) is 14.2. The van der Waals surface area contributed by atoms with Gasteiger partial charge < -0.3 is 19.3 Å². The first-order valence-electron chi connectivity index (χ1n) is 10.4. The summed E-state index contributed by atoms with van der Waals surface area (Å²) in [6, 6.07) is 9.12. The molecule has 170 valence electrons. The zero-order chi connectivity index (χ0) is 23.9. The molecule has 0 bridgehead atoms. The molecule has 2 heterocycles. The lowest BCUT2D eigenvalue weighted by molar-refractivity contribution is -0.141. The topological polar surface area (TPSA) is 110 Å². The van der Waals surface area contributed by atoms with Gasteiger partial charge in [0.25, 0.3) is 0 Å². The molecule has 0 saturated heterocycles. The monoisotopic (exact) mass is 467 g/mol. The molecule has 0 radical (unpaired) electrons. The van der Waals surface area contributed by atoms with Crippen LogP contribution in [0.5, 0.6) is 0 Å². The third-order valence-electron chi connectivity index (χ3n) is 5.91. The molecule has 0 aliphatic carbocycles. The van der Waals surface area contributed by atoms with Gasteiger partial charge in [-0.25, -0.2) is 9.59 Å². The van der Waals surface area contributed by atoms with E-state index in [0.717, 1.165) is 16.7 Å². The van der Waals surface area contributed by atoms with Gasteiger partial charge in [0, 0.05) is 28.3 Å². The average molecular weight is 468 g/mol. The fraction of sp³-hybridized carbons (Fsp3) is 0.240. The van der Waals surface area contributed by atoms with Crippen LogP contribution in [0.15, 0.2) is 50.0 Å². The third-order valence-corrected chi connectivity index (χ3v) is 6.16. The second kappa shape index (κ2) is 8.75. The summed E-state index contributed by atoms with van der Waals surface area (Å²) in [5.74, 6) is -0.975. The van der Waals surface area contributed by atoms with E-state index in [1.54, 1.807) is 37.3 Å². The van der Waals surface area contributed by atoms with Crippen molar-refractivity contribution in [2.45, 2.75) is 39.7 Å². The number of fused-ring (bicyclic) bond motifs is 2. The molecular weight excluding hydrogens is 446 g/mol. The first-order valence-corrected chi connectivity index (χ1v) is 10.7. The molecule has 2 N–H and O–H groups in total. The van der Waals surface area contributed by atoms with E-state index < -0.39 is 23.5 Å². The van der Waals surface area contributed by atoms with Crippen LogP contribution in [0, 0.1) is 20.8 Å². The van der Waals surface area contributed by atoms with E-state index in [4.69, 9.17) is 20.4 Å². The molecule has 1 amide bonds. The summed E-state index contributed by atoms with van der Waals surface area (Å²) in [6.45, 7) is 5.56. The molecule has 0 aliphatic heterocycles. The normalized spacial score (nSPS) is 12.2. The van der Waals surface area contributed by atoms with Gasteiger partial charge in [-0.2, -0.15) is 0 Å². The number of carboxylic acids is 1. The van der Waals surface area contributed by atoms with Crippen molar-refractivity contribution in [2.75, 3.05) is 0 Å². The number of hydrogen-bond acceptors (Lipinski definition) is 5. The van der Waals surface area contributed by atoms with Gasteiger partial charge in [-0.3, -0.25) is 4.79 Å². The molecular formula is C25H22ClNO6. The molecule has 7 nitrogen and oxygen atoms in total. The standard InChI is InChI=1S/C25H22ClNO6/c1-12-14(3)32-21-11-22-18(9-17(12)21)13(2)19(25(31)33-22)10-23(28)27-20(24(29)30)8-15-4-6-16(26)7-5-15/h4-7,9,11,20H,8,10H2,1-3H3,(H,27,28)(H,29,30)/t20-/m1/s1. The second-order valence-corrected chi connectivity index (χ2v) is 8.52. The number of nitrogens with one attached hydrogen (secondary N) is 1. The van der Waals surface area contributed by atoms with Gasteiger partial charge in [-0.15, -0.1) is 0 Å². The van der Waals surface area contributed by atoms with E-state index in [0.29, 0.717) is 32.7 Å². The molecule has 0 unspecified atom stereocenters. The maximum absolute atomic E-state index is 12.7. The highest BCUT2D eigenvalue weighted by atomic mass is 35.5. The first kappa shape index (κ1) is 22.6. The van der Waals surface area contributed by atoms with Crippen molar-refractivity contribution in [3.05, 3.63) is 79.9 Å². The van der Waals surface area contributed by atoms with Crippen molar-refractivity contribution in [3.8, 4) is 0 Å². The van der Waals surface area contributed by atoms with Crippen LogP contribution in [-0.2, 0) is 22.4 Å². The number of rotatable bonds is 6. The molecule has 4 rings (SSSR count). The van der Waals surface area contributed by atoms with E-state index in [1.165, 1.54) is 0 Å². The van der Waals surface area contributed by atoms with Crippen LogP contribution in [0.2, 0.25) is 5.02 Å². The van der Waals surface area contributed by atoms with Crippen molar-refractivity contribution in [3.63, 3.8) is 0 Å². The van der Waals surface area contributed by atoms with Crippen LogP contribution in [-0.4, -0.2) is 23.0 Å². The van der Waals surface area contributed by atoms with Gasteiger partial charge in [0.2, 0.25) is 5.91 Å². The Morgan fingerprint density at radius 1 is 1.00 bits per heavy atom. The maximum atomic E-state index is 12.7. The van der Waals surface area contributed by atoms with Crippen LogP contribution in [0.25, 0.3) is 21.9 Å². The predicted octanol–water partition coefficient (Wildman–Crippen LogP) is 4.47. The highest BCUT2D eigenvalue weighted by molar-refractivity contribution is 6.30. The SMILES string of the molecule is Cc1oc2cc3oc(=O)c(CC(=O)N[C@H](Cc4ccc(Cl)cc4)C(=O)O)c(C)c3cc2c1C. The van der Waals surface area contributed by atoms with Crippen LogP contribution in [0.3, 0.4) is 0 Å². The zero-order valence-corrected chi connectivity index (χ0v) is 19.1. The number of carboxylic acid groups (broad SMARTS) is 1. The molecule has 0 spiro atoms. The average Bonchev–Trinajstić information content (AvgIpc) is 3.03. The van der Waals surface area contributed by atoms with Crippen molar-refractivity contribution < 1.29 is 23.5 Å². The Balaban J connectivity index is 1.61. The Morgan fingerprint density at radius 2 is 1.64 bits per heavy atom. The molecule has 0 saturated carbocycles. The van der Waals surface area contributed by atoms with Crippen molar-refractivity contribution >= 4 is 45.4 Å². The minimum absolute atomic E-state index is 0.0840. The van der Waals surface area contributed by atoms with Crippen molar-refractivity contribution in [2.24, 2.45) is 0 Å². The van der Waals surface area contributed by atoms with E-state index in [2.05, 4.69) is 5.32 Å². The number of furan rings is 1. The molecule has 2 aromatic heterocycles. The van der Waals surface area contributed by atoms with Crippen LogP contribution in [0.4, 0.5) is 0 Å². The summed E-state index contributed by atoms with van der Waals surface area (Å²) >= 11 is 5.87. The molecule has 2 aromatic carbocycles. The minimum atomic E-state index is -1.17. The Labute approximate surface area is 194 Å². The lowest BCUT2D eigenvalue weighted by Crippen LogP contribution is -2.43. The molecule has 0 aliphatic rings. The lowest BCUT2D eigenvalue weighted by Gasteiger charge is -2.15. The summed E-state index contributed by atoms with van der Waals surface area (Å²) in [5.41, 5.74) is 2.85. The number of hydrogen-bond donors (Lipinski definition) is 2. The largest absolute Gasteiger partial charge is 0.480 e. The Morgan fingerprint density at radius 3 is 2.30 bits per heavy atom. The Kier molecular flexibility index (Phi) is 5.99. The number of halogens is 1. The van der Waals surface area contributed by atoms with Gasteiger partial charge in [0.05, 0.1) is 12.0 Å². The van der Waals surface area contributed by atoms with E-state index in [1.807, 2.05) is 19.9 Å². The smallest absolute Gasteiger partial charge is 0.340 e. The zero-order valence-electron chi connectivity index (χ0n) is 18.3. The fourth-order valence-corrected chi connectivity index (χ4v) is 4.02. The van der Waals surface area contributed by atoms with Crippen LogP contribution in [0.1, 0.15) is 28.0 Å². The second-order valence-electron chi connectivity index (χ2n) is 8.09. The summed E-state index contributed by atoms with van der Waals surface area (Å²) < 4.78 is 11.2. The maximum Gasteiger partial charge on any atom is 0.340 e. The molecule has 0 fully saturated rings. The fourth-order valence-electron chi connectivity index (χ4n) is 3.89. The molecule has 1 atom stereocenters. The summed E-state index contributed by atoms with van der Waals surface area (Å²) in [6.07, 6.45) is -0.212. The van der Waals surface area contributed by atoms with Gasteiger partial charge in [-0.05, 0) is 55.7 Å². The first-order chi connectivity index (χ1) is 15.6. The van der Waals surface area contributed by atoms with Gasteiger partial charge in [0.15, 0.2) is 0 Å². The molecule has 8 heteroatoms. The van der Waals surface area contributed by atoms with Crippen LogP contribution < -0.4 is 10.9 Å². The quantitative estimate of drug-likeness (QED) is 0.405. The third kappa shape index (κ3) is 4.50. The van der Waals surface area contributed by atoms with Gasteiger partial charge in [-0.1, -0.05) is 23.7 Å². The summed E-state index contributed by atoms with van der Waals surface area (Å²) in [7, 11) is 0. The van der Waals surface area contributed by atoms with Crippen molar-refractivity contribution in [1.29, 1.82) is 0 Å². The summed E-state index contributed by atoms with van der Waals surface area (Å²) in [4.78, 5) is 37.0. The lowest BCUT2D eigenvalue weighted by atomic mass is 10.0. The number of carbonyl (C=O) groups excluding carboxylic acids is 1. The van der Waals surface area contributed by atoms with Gasteiger partial charge in [0.1, 0.15) is 23.0 Å². The van der Waals surface area contributed by atoms with Crippen molar-refractivity contribution in [1.82, 2.24) is 5.32 Å². The van der Waals surface area contributed by atoms with Crippen LogP contribution >= 0.6 is 11.6 Å². The minimum Gasteiger partial charge on any atom is -0.480 e. The number of aryl methyl sites for hydroxylation is 3. The van der Waals surface area contributed by atoms with E-state index in [-0.39, 0.29) is 18.4 Å². The molecule has 4 aromatic rings. The molecule has 33 heavy (non-hydrogen) atoms. The highest BCUT2D eigenvalue weighted by Crippen LogP contribution is 2.31. The number of carbonyl (C=O) groups is 2. The predicted molar refractivity (Wildman–Crippen MR) is 125 cm³/mol. The Bertz CT molecular complexity index is 1450. The number of benzene rings is 2.